The molecule has 0 unspecified atom stereocenters. The van der Waals surface area contributed by atoms with E-state index in [1.165, 1.54) is 0 Å². The summed E-state index contributed by atoms with van der Waals surface area (Å²) in [6.45, 7) is 1.55. The smallest absolute Gasteiger partial charge is 0.407 e. The molecule has 132 valence electrons. The summed E-state index contributed by atoms with van der Waals surface area (Å²) in [5, 5.41) is 23.2. The average molecular weight is 338 g/mol. The second kappa shape index (κ2) is 10.2. The van der Waals surface area contributed by atoms with E-state index in [-0.39, 0.29) is 26.0 Å². The van der Waals surface area contributed by atoms with Crippen LogP contribution in [0.25, 0.3) is 0 Å². The molecule has 1 rings (SSSR count). The summed E-state index contributed by atoms with van der Waals surface area (Å²) in [5.41, 5.74) is 0.826. The molecule has 8 heteroatoms. The number of nitrogens with one attached hydrogen (secondary N) is 2. The maximum atomic E-state index is 11.6. The highest BCUT2D eigenvalue weighted by molar-refractivity contribution is 5.83. The van der Waals surface area contributed by atoms with Crippen LogP contribution in [-0.4, -0.2) is 46.9 Å². The van der Waals surface area contributed by atoms with E-state index < -0.39 is 30.1 Å². The Balaban J connectivity index is 2.24. The summed E-state index contributed by atoms with van der Waals surface area (Å²) in [4.78, 5) is 33.9. The highest BCUT2D eigenvalue weighted by Gasteiger charge is 2.19. The molecule has 0 aliphatic carbocycles. The monoisotopic (exact) mass is 338 g/mol. The molecule has 0 aliphatic rings. The Morgan fingerprint density at radius 1 is 1.21 bits per heavy atom. The minimum atomic E-state index is -1.14. The Labute approximate surface area is 139 Å². The number of carboxylic acids is 1. The summed E-state index contributed by atoms with van der Waals surface area (Å²) in [6, 6.07) is 8.10. The van der Waals surface area contributed by atoms with E-state index in [4.69, 9.17) is 9.84 Å². The zero-order valence-corrected chi connectivity index (χ0v) is 13.4. The molecule has 0 spiro atoms. The van der Waals surface area contributed by atoms with Crippen LogP contribution in [0.2, 0.25) is 0 Å². The van der Waals surface area contributed by atoms with Crippen LogP contribution in [0.15, 0.2) is 30.3 Å². The quantitative estimate of drug-likeness (QED) is 0.524. The minimum Gasteiger partial charge on any atom is -0.480 e. The van der Waals surface area contributed by atoms with Gasteiger partial charge in [0.2, 0.25) is 5.91 Å². The zero-order chi connectivity index (χ0) is 17.9. The van der Waals surface area contributed by atoms with Gasteiger partial charge in [0, 0.05) is 6.54 Å². The molecule has 0 aliphatic heterocycles. The molecule has 24 heavy (non-hydrogen) atoms. The van der Waals surface area contributed by atoms with Crippen molar-refractivity contribution in [3.05, 3.63) is 35.9 Å². The second-order valence-electron chi connectivity index (χ2n) is 5.17. The van der Waals surface area contributed by atoms with Crippen LogP contribution in [0.1, 0.15) is 25.3 Å². The predicted molar refractivity (Wildman–Crippen MR) is 85.1 cm³/mol. The minimum absolute atomic E-state index is 0.0973. The maximum Gasteiger partial charge on any atom is 0.407 e. The first-order valence-electron chi connectivity index (χ1n) is 7.57. The molecule has 0 saturated heterocycles. The largest absolute Gasteiger partial charge is 0.480 e. The number of hydrogen-bond acceptors (Lipinski definition) is 5. The highest BCUT2D eigenvalue weighted by Crippen LogP contribution is 2.01. The Bertz CT molecular complexity index is 549. The normalized spacial score (nSPS) is 12.8. The Morgan fingerprint density at radius 2 is 1.88 bits per heavy atom. The third-order valence-electron chi connectivity index (χ3n) is 3.16. The van der Waals surface area contributed by atoms with Gasteiger partial charge in [-0.2, -0.15) is 0 Å². The topological polar surface area (TPSA) is 125 Å². The molecule has 2 atom stereocenters. The van der Waals surface area contributed by atoms with Gasteiger partial charge in [-0.25, -0.2) is 9.59 Å². The van der Waals surface area contributed by atoms with Crippen molar-refractivity contribution >= 4 is 18.0 Å². The molecule has 0 fully saturated rings. The molecule has 4 N–H and O–H groups in total. The average Bonchev–Trinajstić information content (AvgIpc) is 2.56. The van der Waals surface area contributed by atoms with E-state index in [0.717, 1.165) is 5.56 Å². The molecule has 0 heterocycles. The summed E-state index contributed by atoms with van der Waals surface area (Å²) < 4.78 is 4.96. The van der Waals surface area contributed by atoms with Crippen LogP contribution < -0.4 is 10.6 Å². The Hall–Kier alpha value is -2.61. The number of ether oxygens (including phenoxy) is 1. The number of carbonyl (C=O) groups excluding carboxylic acids is 2. The number of alkyl carbamates (subject to hydrolysis) is 1. The van der Waals surface area contributed by atoms with E-state index in [9.17, 15) is 19.5 Å². The molecule has 1 aromatic carbocycles. The van der Waals surface area contributed by atoms with Crippen LogP contribution in [0.4, 0.5) is 4.79 Å². The highest BCUT2D eigenvalue weighted by atomic mass is 16.5. The zero-order valence-electron chi connectivity index (χ0n) is 13.4. The number of benzene rings is 1. The van der Waals surface area contributed by atoms with Crippen LogP contribution in [-0.2, 0) is 20.9 Å². The lowest BCUT2D eigenvalue weighted by atomic mass is 10.2. The Kier molecular flexibility index (Phi) is 8.28. The predicted octanol–water partition coefficient (Wildman–Crippen LogP) is 0.643. The van der Waals surface area contributed by atoms with Gasteiger partial charge in [0.15, 0.2) is 0 Å². The number of rotatable bonds is 9. The summed E-state index contributed by atoms with van der Waals surface area (Å²) >= 11 is 0. The molecule has 2 amide bonds. The van der Waals surface area contributed by atoms with Gasteiger partial charge in [0.1, 0.15) is 12.6 Å². The molecule has 0 aromatic heterocycles. The number of aliphatic carboxylic acids is 1. The van der Waals surface area contributed by atoms with Crippen molar-refractivity contribution in [2.24, 2.45) is 0 Å². The number of aliphatic hydroxyl groups is 1. The van der Waals surface area contributed by atoms with Crippen molar-refractivity contribution in [2.75, 3.05) is 6.54 Å². The molecule has 0 radical (unpaired) electrons. The molecule has 0 saturated carbocycles. The van der Waals surface area contributed by atoms with E-state index in [0.29, 0.717) is 0 Å². The van der Waals surface area contributed by atoms with Gasteiger partial charge in [-0.3, -0.25) is 4.79 Å². The lowest BCUT2D eigenvalue weighted by Crippen LogP contribution is -2.43. The number of aliphatic hydroxyl groups excluding tert-OH is 1. The molecule has 1 aromatic rings. The lowest BCUT2D eigenvalue weighted by molar-refractivity contribution is -0.142. The van der Waals surface area contributed by atoms with Gasteiger partial charge >= 0.3 is 12.1 Å². The van der Waals surface area contributed by atoms with Gasteiger partial charge in [-0.1, -0.05) is 37.3 Å². The fourth-order valence-corrected chi connectivity index (χ4v) is 1.85. The Morgan fingerprint density at radius 3 is 2.46 bits per heavy atom. The number of hydrogen-bond donors (Lipinski definition) is 4. The van der Waals surface area contributed by atoms with Crippen LogP contribution >= 0.6 is 0 Å². The van der Waals surface area contributed by atoms with Crippen molar-refractivity contribution in [2.45, 2.75) is 38.5 Å². The fraction of sp³-hybridized carbons (Fsp3) is 0.438. The van der Waals surface area contributed by atoms with E-state index in [1.807, 2.05) is 18.2 Å². The first kappa shape index (κ1) is 19.4. The van der Waals surface area contributed by atoms with E-state index in [1.54, 1.807) is 19.1 Å². The van der Waals surface area contributed by atoms with E-state index >= 15 is 0 Å². The van der Waals surface area contributed by atoms with Crippen molar-refractivity contribution in [1.29, 1.82) is 0 Å². The second-order valence-corrected chi connectivity index (χ2v) is 5.17. The van der Waals surface area contributed by atoms with Crippen LogP contribution in [0, 0.1) is 0 Å². The molecule has 8 nitrogen and oxygen atoms in total. The fourth-order valence-electron chi connectivity index (χ4n) is 1.85. The number of carboxylic acid groups (broad SMARTS) is 1. The molecular weight excluding hydrogens is 316 g/mol. The van der Waals surface area contributed by atoms with Crippen molar-refractivity contribution in [3.63, 3.8) is 0 Å². The summed E-state index contributed by atoms with van der Waals surface area (Å²) in [6.07, 6.45) is -1.93. The van der Waals surface area contributed by atoms with Crippen LogP contribution in [0.3, 0.4) is 0 Å². The first-order valence-corrected chi connectivity index (χ1v) is 7.57. The van der Waals surface area contributed by atoms with Crippen molar-refractivity contribution in [3.8, 4) is 0 Å². The first-order chi connectivity index (χ1) is 11.4. The third-order valence-corrected chi connectivity index (χ3v) is 3.16. The SMILES string of the molecule is CC[C@H](NC(=O)C[C@@H](O)CNC(=O)OCc1ccccc1)C(=O)O. The van der Waals surface area contributed by atoms with Gasteiger partial charge in [-0.15, -0.1) is 0 Å². The maximum absolute atomic E-state index is 11.6. The van der Waals surface area contributed by atoms with Crippen molar-refractivity contribution in [1.82, 2.24) is 10.6 Å². The summed E-state index contributed by atoms with van der Waals surface area (Å²) in [7, 11) is 0. The molecular formula is C16H22N2O6. The summed E-state index contributed by atoms with van der Waals surface area (Å²) in [5.74, 6) is -1.74. The van der Waals surface area contributed by atoms with Gasteiger partial charge in [0.25, 0.3) is 0 Å². The van der Waals surface area contributed by atoms with Gasteiger partial charge in [-0.05, 0) is 12.0 Å². The van der Waals surface area contributed by atoms with Gasteiger partial charge in [0.05, 0.1) is 12.5 Å². The van der Waals surface area contributed by atoms with E-state index in [2.05, 4.69) is 10.6 Å². The lowest BCUT2D eigenvalue weighted by Gasteiger charge is -2.15. The number of amides is 2. The number of carbonyl (C=O) groups is 3. The molecule has 0 bridgehead atoms. The van der Waals surface area contributed by atoms with Gasteiger partial charge < -0.3 is 25.6 Å². The van der Waals surface area contributed by atoms with Crippen LogP contribution in [0.5, 0.6) is 0 Å². The standard InChI is InChI=1S/C16H22N2O6/c1-2-13(15(21)22)18-14(20)8-12(19)9-17-16(23)24-10-11-6-4-3-5-7-11/h3-7,12-13,19H,2,8-10H2,1H3,(H,17,23)(H,18,20)(H,21,22)/t12-,13+/m1/s1. The third kappa shape index (κ3) is 7.59. The van der Waals surface area contributed by atoms with Crippen molar-refractivity contribution < 1.29 is 29.3 Å².